The third kappa shape index (κ3) is 4.54. The molecule has 2 rings (SSSR count). The lowest BCUT2D eigenvalue weighted by molar-refractivity contribution is -0.385. The number of piperidine rings is 1. The Morgan fingerprint density at radius 3 is 2.70 bits per heavy atom. The quantitative estimate of drug-likeness (QED) is 0.494. The third-order valence-corrected chi connectivity index (χ3v) is 3.54. The van der Waals surface area contributed by atoms with Crippen molar-refractivity contribution in [2.24, 2.45) is 0 Å². The van der Waals surface area contributed by atoms with Crippen LogP contribution in [0.3, 0.4) is 0 Å². The van der Waals surface area contributed by atoms with Crippen LogP contribution in [0.4, 0.5) is 10.1 Å². The van der Waals surface area contributed by atoms with Crippen molar-refractivity contribution < 1.29 is 9.31 Å². The summed E-state index contributed by atoms with van der Waals surface area (Å²) < 4.78 is 13.2. The number of hydrogen-bond donors (Lipinski definition) is 1. The number of nitro benzene ring substituents is 1. The Balaban J connectivity index is 1.77. The number of hydrogen-bond acceptors (Lipinski definition) is 4. The molecular formula is C14H20FN3O2. The second-order valence-electron chi connectivity index (χ2n) is 5.15. The van der Waals surface area contributed by atoms with Crippen LogP contribution in [0.2, 0.25) is 0 Å². The molecule has 0 bridgehead atoms. The first kappa shape index (κ1) is 14.9. The Labute approximate surface area is 117 Å². The third-order valence-electron chi connectivity index (χ3n) is 3.54. The molecule has 5 nitrogen and oxygen atoms in total. The number of nitro groups is 1. The zero-order valence-electron chi connectivity index (χ0n) is 11.5. The van der Waals surface area contributed by atoms with Crippen LogP contribution in [-0.2, 0) is 6.54 Å². The van der Waals surface area contributed by atoms with Crippen molar-refractivity contribution in [1.82, 2.24) is 10.2 Å². The van der Waals surface area contributed by atoms with Gasteiger partial charge in [-0.2, -0.15) is 0 Å². The van der Waals surface area contributed by atoms with Gasteiger partial charge in [-0.25, -0.2) is 4.39 Å². The molecule has 0 unspecified atom stereocenters. The van der Waals surface area contributed by atoms with Crippen LogP contribution in [-0.4, -0.2) is 36.0 Å². The molecule has 1 aliphatic heterocycles. The van der Waals surface area contributed by atoms with Crippen LogP contribution in [0.5, 0.6) is 0 Å². The van der Waals surface area contributed by atoms with Gasteiger partial charge in [0.2, 0.25) is 0 Å². The zero-order chi connectivity index (χ0) is 14.4. The molecule has 0 saturated carbocycles. The molecule has 1 saturated heterocycles. The number of nitrogens with one attached hydrogen (secondary N) is 1. The highest BCUT2D eigenvalue weighted by Gasteiger charge is 2.11. The van der Waals surface area contributed by atoms with Gasteiger partial charge in [0.15, 0.2) is 0 Å². The Kier molecular flexibility index (Phi) is 5.43. The van der Waals surface area contributed by atoms with Crippen molar-refractivity contribution >= 4 is 5.69 Å². The number of nitrogens with zero attached hydrogens (tertiary/aromatic N) is 2. The van der Waals surface area contributed by atoms with Crippen molar-refractivity contribution in [2.75, 3.05) is 26.2 Å². The van der Waals surface area contributed by atoms with Gasteiger partial charge in [-0.3, -0.25) is 10.1 Å². The van der Waals surface area contributed by atoms with Gasteiger partial charge < -0.3 is 10.2 Å². The molecule has 20 heavy (non-hydrogen) atoms. The summed E-state index contributed by atoms with van der Waals surface area (Å²) in [5, 5.41) is 13.9. The van der Waals surface area contributed by atoms with E-state index in [2.05, 4.69) is 10.2 Å². The highest BCUT2D eigenvalue weighted by atomic mass is 19.1. The van der Waals surface area contributed by atoms with E-state index in [1.807, 2.05) is 0 Å². The largest absolute Gasteiger partial charge is 0.311 e. The van der Waals surface area contributed by atoms with Crippen LogP contribution in [0, 0.1) is 15.9 Å². The van der Waals surface area contributed by atoms with E-state index in [1.54, 1.807) is 0 Å². The number of halogens is 1. The summed E-state index contributed by atoms with van der Waals surface area (Å²) >= 11 is 0. The molecule has 1 aromatic rings. The maximum Gasteiger partial charge on any atom is 0.272 e. The highest BCUT2D eigenvalue weighted by Crippen LogP contribution is 2.16. The predicted octanol–water partition coefficient (Wildman–Crippen LogP) is 2.31. The van der Waals surface area contributed by atoms with E-state index in [4.69, 9.17) is 0 Å². The Morgan fingerprint density at radius 1 is 1.25 bits per heavy atom. The molecule has 0 amide bonds. The van der Waals surface area contributed by atoms with Crippen LogP contribution in [0.1, 0.15) is 24.8 Å². The first-order valence-corrected chi connectivity index (χ1v) is 7.02. The van der Waals surface area contributed by atoms with Gasteiger partial charge in [-0.15, -0.1) is 0 Å². The lowest BCUT2D eigenvalue weighted by Crippen LogP contribution is -2.35. The molecule has 0 aromatic heterocycles. The molecule has 1 aromatic carbocycles. The smallest absolute Gasteiger partial charge is 0.272 e. The Morgan fingerprint density at radius 2 is 2.00 bits per heavy atom. The summed E-state index contributed by atoms with van der Waals surface area (Å²) in [6.07, 6.45) is 3.84. The molecule has 0 atom stereocenters. The first-order chi connectivity index (χ1) is 9.65. The second-order valence-corrected chi connectivity index (χ2v) is 5.15. The standard InChI is InChI=1S/C14H20FN3O2/c15-13-8-12(9-14(10-13)18(19)20)11-16-4-7-17-5-2-1-3-6-17/h8-10,16H,1-7,11H2. The zero-order valence-corrected chi connectivity index (χ0v) is 11.5. The number of non-ortho nitro benzene ring substituents is 1. The minimum Gasteiger partial charge on any atom is -0.311 e. The monoisotopic (exact) mass is 281 g/mol. The summed E-state index contributed by atoms with van der Waals surface area (Å²) in [6.45, 7) is 4.52. The molecule has 1 N–H and O–H groups in total. The predicted molar refractivity (Wildman–Crippen MR) is 75.1 cm³/mol. The highest BCUT2D eigenvalue weighted by molar-refractivity contribution is 5.35. The minimum absolute atomic E-state index is 0.196. The summed E-state index contributed by atoms with van der Waals surface area (Å²) in [4.78, 5) is 12.5. The van der Waals surface area contributed by atoms with Crippen LogP contribution >= 0.6 is 0 Å². The van der Waals surface area contributed by atoms with E-state index in [0.29, 0.717) is 12.1 Å². The molecule has 110 valence electrons. The van der Waals surface area contributed by atoms with Gasteiger partial charge in [-0.1, -0.05) is 6.42 Å². The van der Waals surface area contributed by atoms with Gasteiger partial charge in [0.05, 0.1) is 11.0 Å². The molecule has 1 fully saturated rings. The molecule has 0 spiro atoms. The van der Waals surface area contributed by atoms with Crippen LogP contribution in [0.25, 0.3) is 0 Å². The van der Waals surface area contributed by atoms with E-state index in [-0.39, 0.29) is 5.69 Å². The lowest BCUT2D eigenvalue weighted by Gasteiger charge is -2.26. The minimum atomic E-state index is -0.569. The number of likely N-dealkylation sites (tertiary alicyclic amines) is 1. The fourth-order valence-corrected chi connectivity index (χ4v) is 2.49. The molecule has 1 aliphatic rings. The molecular weight excluding hydrogens is 261 g/mol. The van der Waals surface area contributed by atoms with Crippen molar-refractivity contribution in [1.29, 1.82) is 0 Å². The van der Waals surface area contributed by atoms with E-state index in [9.17, 15) is 14.5 Å². The average Bonchev–Trinajstić information content (AvgIpc) is 2.44. The van der Waals surface area contributed by atoms with Gasteiger partial charge in [0, 0.05) is 25.7 Å². The van der Waals surface area contributed by atoms with Gasteiger partial charge >= 0.3 is 0 Å². The fourth-order valence-electron chi connectivity index (χ4n) is 2.49. The first-order valence-electron chi connectivity index (χ1n) is 7.02. The normalized spacial score (nSPS) is 16.2. The second kappa shape index (κ2) is 7.31. The summed E-state index contributed by atoms with van der Waals surface area (Å²) in [6, 6.07) is 3.69. The summed E-state index contributed by atoms with van der Waals surface area (Å²) in [7, 11) is 0. The molecule has 0 radical (unpaired) electrons. The summed E-state index contributed by atoms with van der Waals surface area (Å²) in [5.74, 6) is -0.563. The van der Waals surface area contributed by atoms with Crippen molar-refractivity contribution in [2.45, 2.75) is 25.8 Å². The van der Waals surface area contributed by atoms with Crippen LogP contribution < -0.4 is 5.32 Å². The van der Waals surface area contributed by atoms with E-state index in [1.165, 1.54) is 31.4 Å². The number of rotatable bonds is 6. The SMILES string of the molecule is O=[N+]([O-])c1cc(F)cc(CNCCN2CCCCC2)c1. The van der Waals surface area contributed by atoms with E-state index >= 15 is 0 Å². The average molecular weight is 281 g/mol. The topological polar surface area (TPSA) is 58.4 Å². The maximum absolute atomic E-state index is 13.2. The van der Waals surface area contributed by atoms with Crippen molar-refractivity contribution in [3.8, 4) is 0 Å². The Bertz CT molecular complexity index is 462. The van der Waals surface area contributed by atoms with Crippen molar-refractivity contribution in [3.05, 3.63) is 39.7 Å². The summed E-state index contributed by atoms with van der Waals surface area (Å²) in [5.41, 5.74) is 0.410. The van der Waals surface area contributed by atoms with Crippen molar-refractivity contribution in [3.63, 3.8) is 0 Å². The maximum atomic E-state index is 13.2. The lowest BCUT2D eigenvalue weighted by atomic mass is 10.1. The Hall–Kier alpha value is -1.53. The fraction of sp³-hybridized carbons (Fsp3) is 0.571. The molecule has 0 aliphatic carbocycles. The van der Waals surface area contributed by atoms with Gasteiger partial charge in [-0.05, 0) is 37.6 Å². The van der Waals surface area contributed by atoms with E-state index in [0.717, 1.165) is 32.2 Å². The number of benzene rings is 1. The van der Waals surface area contributed by atoms with Gasteiger partial charge in [0.25, 0.3) is 5.69 Å². The van der Waals surface area contributed by atoms with Crippen LogP contribution in [0.15, 0.2) is 18.2 Å². The molecule has 1 heterocycles. The van der Waals surface area contributed by atoms with Gasteiger partial charge in [0.1, 0.15) is 5.82 Å². The molecule has 6 heteroatoms. The van der Waals surface area contributed by atoms with E-state index < -0.39 is 10.7 Å².